The van der Waals surface area contributed by atoms with Crippen LogP contribution in [0.25, 0.3) is 0 Å². The van der Waals surface area contributed by atoms with E-state index in [1.165, 1.54) is 19.2 Å². The van der Waals surface area contributed by atoms with Gasteiger partial charge in [0.25, 0.3) is 5.91 Å². The number of anilines is 1. The van der Waals surface area contributed by atoms with Gasteiger partial charge >= 0.3 is 12.1 Å². The molecule has 2 aliphatic carbocycles. The highest BCUT2D eigenvalue weighted by Gasteiger charge is 2.67. The van der Waals surface area contributed by atoms with Crippen molar-refractivity contribution in [2.24, 2.45) is 0 Å². The Labute approximate surface area is 213 Å². The van der Waals surface area contributed by atoms with Gasteiger partial charge in [0, 0.05) is 42.7 Å². The molecule has 2 aromatic carbocycles. The van der Waals surface area contributed by atoms with Crippen LogP contribution in [0.4, 0.5) is 19.7 Å². The number of ether oxygens (including phenoxy) is 1. The zero-order valence-corrected chi connectivity index (χ0v) is 21.0. The van der Waals surface area contributed by atoms with E-state index in [0.717, 1.165) is 28.9 Å². The zero-order valence-electron chi connectivity index (χ0n) is 21.0. The number of hydrogen-bond donors (Lipinski definition) is 2. The molecule has 5 amide bonds. The molecule has 2 aromatic rings. The highest BCUT2D eigenvalue weighted by molar-refractivity contribution is 6.06. The van der Waals surface area contributed by atoms with E-state index in [0.29, 0.717) is 17.7 Å². The van der Waals surface area contributed by atoms with E-state index in [9.17, 15) is 23.6 Å². The predicted molar refractivity (Wildman–Crippen MR) is 132 cm³/mol. The number of halogens is 1. The fourth-order valence-corrected chi connectivity index (χ4v) is 5.41. The Bertz CT molecular complexity index is 1290. The van der Waals surface area contributed by atoms with Crippen LogP contribution in [0.15, 0.2) is 42.5 Å². The molecular formula is C27H29FN4O5. The van der Waals surface area contributed by atoms with Crippen molar-refractivity contribution in [3.63, 3.8) is 0 Å². The molecule has 2 spiro atoms. The summed E-state index contributed by atoms with van der Waals surface area (Å²) in [5, 5.41) is 5.25. The molecule has 2 N–H and O–H groups in total. The van der Waals surface area contributed by atoms with Crippen LogP contribution in [0.1, 0.15) is 49.8 Å². The monoisotopic (exact) mass is 508 g/mol. The normalized spacial score (nSPS) is 20.8. The molecule has 1 heterocycles. The first-order valence-corrected chi connectivity index (χ1v) is 12.3. The molecular weight excluding hydrogens is 479 g/mol. The summed E-state index contributed by atoms with van der Waals surface area (Å²) in [5.74, 6) is -1.33. The number of hydrogen-bond acceptors (Lipinski definition) is 5. The number of imide groups is 1. The molecule has 0 radical (unpaired) electrons. The fourth-order valence-electron chi connectivity index (χ4n) is 5.41. The van der Waals surface area contributed by atoms with Crippen molar-refractivity contribution in [1.29, 1.82) is 0 Å². The van der Waals surface area contributed by atoms with Crippen molar-refractivity contribution < 1.29 is 28.3 Å². The lowest BCUT2D eigenvalue weighted by Crippen LogP contribution is -2.46. The summed E-state index contributed by atoms with van der Waals surface area (Å²) in [6.45, 7) is 3.44. The van der Waals surface area contributed by atoms with Gasteiger partial charge in [-0.15, -0.1) is 0 Å². The first-order chi connectivity index (χ1) is 17.6. The van der Waals surface area contributed by atoms with Crippen LogP contribution >= 0.6 is 0 Å². The van der Waals surface area contributed by atoms with Crippen LogP contribution in [0.3, 0.4) is 0 Å². The van der Waals surface area contributed by atoms with E-state index >= 15 is 0 Å². The van der Waals surface area contributed by atoms with Gasteiger partial charge in [0.1, 0.15) is 12.4 Å². The van der Waals surface area contributed by atoms with Gasteiger partial charge in [0.05, 0.1) is 0 Å². The van der Waals surface area contributed by atoms with Gasteiger partial charge in [-0.25, -0.2) is 18.9 Å². The van der Waals surface area contributed by atoms with Crippen LogP contribution in [-0.4, -0.2) is 53.4 Å². The first-order valence-electron chi connectivity index (χ1n) is 12.3. The number of benzene rings is 2. The minimum absolute atomic E-state index is 0.214. The topological polar surface area (TPSA) is 108 Å². The smallest absolute Gasteiger partial charge is 0.418 e. The third-order valence-electron chi connectivity index (χ3n) is 7.53. The van der Waals surface area contributed by atoms with E-state index in [-0.39, 0.29) is 29.8 Å². The average molecular weight is 509 g/mol. The van der Waals surface area contributed by atoms with Gasteiger partial charge < -0.3 is 20.3 Å². The number of nitrogens with one attached hydrogen (secondary N) is 2. The number of amides is 5. The van der Waals surface area contributed by atoms with Crippen LogP contribution in [0.2, 0.25) is 0 Å². The van der Waals surface area contributed by atoms with E-state index in [2.05, 4.69) is 10.6 Å². The lowest BCUT2D eigenvalue weighted by Gasteiger charge is -2.28. The Morgan fingerprint density at radius 2 is 1.81 bits per heavy atom. The number of urea groups is 1. The lowest BCUT2D eigenvalue weighted by atomic mass is 9.94. The van der Waals surface area contributed by atoms with E-state index in [4.69, 9.17) is 4.74 Å². The molecule has 1 unspecified atom stereocenters. The summed E-state index contributed by atoms with van der Waals surface area (Å²) in [6, 6.07) is 10.5. The largest absolute Gasteiger partial charge is 0.427 e. The highest BCUT2D eigenvalue weighted by Crippen LogP contribution is 2.64. The van der Waals surface area contributed by atoms with Crippen LogP contribution in [0, 0.1) is 5.82 Å². The summed E-state index contributed by atoms with van der Waals surface area (Å²) in [4.78, 5) is 54.2. The van der Waals surface area contributed by atoms with E-state index in [1.807, 2.05) is 19.9 Å². The Hall–Kier alpha value is -3.95. The fraction of sp³-hybridized carbons (Fsp3) is 0.407. The second kappa shape index (κ2) is 8.86. The second-order valence-corrected chi connectivity index (χ2v) is 10.2. The van der Waals surface area contributed by atoms with Gasteiger partial charge in [0.15, 0.2) is 0 Å². The van der Waals surface area contributed by atoms with Crippen molar-refractivity contribution >= 4 is 29.6 Å². The number of nitrogens with zero attached hydrogens (tertiary/aromatic N) is 2. The summed E-state index contributed by atoms with van der Waals surface area (Å²) in [5.41, 5.74) is 1.03. The minimum atomic E-state index is -1.48. The molecule has 5 rings (SSSR count). The summed E-state index contributed by atoms with van der Waals surface area (Å²) < 4.78 is 19.1. The van der Waals surface area contributed by atoms with E-state index < -0.39 is 30.1 Å². The maximum absolute atomic E-state index is 13.7. The summed E-state index contributed by atoms with van der Waals surface area (Å²) >= 11 is 0. The maximum atomic E-state index is 13.7. The minimum Gasteiger partial charge on any atom is -0.427 e. The van der Waals surface area contributed by atoms with Gasteiger partial charge in [-0.2, -0.15) is 0 Å². The molecule has 1 atom stereocenters. The number of carbonyl (C=O) groups is 4. The SMILES string of the molecule is CNC(=O)Nc1ccc2c(c1)C1(CC1)CC21OC(=O)N(CC(=O)N(Cc2ccc(F)cc2)C(C)C)C1=O. The first kappa shape index (κ1) is 24.7. The molecule has 0 aromatic heterocycles. The molecule has 37 heavy (non-hydrogen) atoms. The molecule has 1 saturated heterocycles. The molecule has 1 aliphatic heterocycles. The second-order valence-electron chi connectivity index (χ2n) is 10.2. The average Bonchev–Trinajstić information content (AvgIpc) is 3.54. The van der Waals surface area contributed by atoms with Crippen molar-refractivity contribution in [3.05, 3.63) is 65.0 Å². The van der Waals surface area contributed by atoms with E-state index in [1.54, 1.807) is 29.2 Å². The molecule has 2 fully saturated rings. The zero-order chi connectivity index (χ0) is 26.5. The van der Waals surface area contributed by atoms with Gasteiger partial charge in [0.2, 0.25) is 11.5 Å². The predicted octanol–water partition coefficient (Wildman–Crippen LogP) is 3.62. The molecule has 9 nitrogen and oxygen atoms in total. The van der Waals surface area contributed by atoms with Crippen molar-refractivity contribution in [2.45, 2.75) is 56.7 Å². The summed E-state index contributed by atoms with van der Waals surface area (Å²) in [6.07, 6.45) is 1.15. The molecule has 3 aliphatic rings. The summed E-state index contributed by atoms with van der Waals surface area (Å²) in [7, 11) is 1.52. The van der Waals surface area contributed by atoms with Crippen LogP contribution < -0.4 is 10.6 Å². The third kappa shape index (κ3) is 4.20. The highest BCUT2D eigenvalue weighted by atomic mass is 19.1. The Morgan fingerprint density at radius 3 is 2.43 bits per heavy atom. The van der Waals surface area contributed by atoms with Gasteiger partial charge in [-0.3, -0.25) is 9.59 Å². The number of fused-ring (bicyclic) bond motifs is 3. The van der Waals surface area contributed by atoms with Gasteiger partial charge in [-0.1, -0.05) is 18.2 Å². The lowest BCUT2D eigenvalue weighted by molar-refractivity contribution is -0.143. The van der Waals surface area contributed by atoms with Crippen LogP contribution in [0.5, 0.6) is 0 Å². The van der Waals surface area contributed by atoms with Crippen molar-refractivity contribution in [1.82, 2.24) is 15.1 Å². The molecule has 194 valence electrons. The molecule has 10 heteroatoms. The maximum Gasteiger partial charge on any atom is 0.418 e. The quantitative estimate of drug-likeness (QED) is 0.620. The Kier molecular flexibility index (Phi) is 5.92. The molecule has 1 saturated carbocycles. The Morgan fingerprint density at radius 1 is 1.11 bits per heavy atom. The number of rotatable bonds is 6. The van der Waals surface area contributed by atoms with Crippen molar-refractivity contribution in [2.75, 3.05) is 18.9 Å². The van der Waals surface area contributed by atoms with Gasteiger partial charge in [-0.05, 0) is 62.1 Å². The molecule has 0 bridgehead atoms. The van der Waals surface area contributed by atoms with Crippen molar-refractivity contribution in [3.8, 4) is 0 Å². The number of carbonyl (C=O) groups excluding carboxylic acids is 4. The third-order valence-corrected chi connectivity index (χ3v) is 7.53. The van der Waals surface area contributed by atoms with Crippen LogP contribution in [-0.2, 0) is 31.9 Å². The Balaban J connectivity index is 1.38. The standard InChI is InChI=1S/C27H29FN4O5/c1-16(2)31(13-17-4-6-18(28)7-5-17)22(33)14-32-23(34)27(37-25(32)36)15-26(10-11-26)21-12-19(8-9-20(21)27)30-24(35)29-3/h4-9,12,16H,10-11,13-15H2,1-3H3,(H2,29,30,35).